The zero-order valence-corrected chi connectivity index (χ0v) is 13.5. The third-order valence-electron chi connectivity index (χ3n) is 3.54. The molecule has 1 fully saturated rings. The van der Waals surface area contributed by atoms with Crippen LogP contribution in [0.5, 0.6) is 0 Å². The largest absolute Gasteiger partial charge is 0.348 e. The van der Waals surface area contributed by atoms with E-state index in [0.717, 1.165) is 10.6 Å². The molecule has 7 heteroatoms. The molecule has 0 aliphatic carbocycles. The fourth-order valence-corrected chi connectivity index (χ4v) is 4.96. The molecular weight excluding hydrogens is 320 g/mol. The Morgan fingerprint density at radius 1 is 1.32 bits per heavy atom. The summed E-state index contributed by atoms with van der Waals surface area (Å²) in [5.41, 5.74) is 1.14. The second kappa shape index (κ2) is 6.18. The zero-order chi connectivity index (χ0) is 15.6. The number of nitrogens with one attached hydrogen (secondary N) is 1. The van der Waals surface area contributed by atoms with Crippen molar-refractivity contribution in [3.63, 3.8) is 0 Å². The number of rotatable bonds is 4. The first-order chi connectivity index (χ1) is 10.5. The maximum atomic E-state index is 12.1. The Labute approximate surface area is 133 Å². The van der Waals surface area contributed by atoms with Crippen LogP contribution in [-0.4, -0.2) is 36.9 Å². The van der Waals surface area contributed by atoms with Crippen molar-refractivity contribution >= 4 is 27.1 Å². The van der Waals surface area contributed by atoms with E-state index in [0.29, 0.717) is 17.7 Å². The van der Waals surface area contributed by atoms with Gasteiger partial charge in [-0.2, -0.15) is 0 Å². The predicted octanol–water partition coefficient (Wildman–Crippen LogP) is 1.65. The lowest BCUT2D eigenvalue weighted by Crippen LogP contribution is -2.35. The molecule has 1 aromatic heterocycles. The first-order valence-electron chi connectivity index (χ1n) is 7.02. The second-order valence-corrected chi connectivity index (χ2v) is 8.70. The first-order valence-corrected chi connectivity index (χ1v) is 9.65. The molecule has 5 nitrogen and oxygen atoms in total. The molecule has 0 bridgehead atoms. The molecule has 1 aliphatic heterocycles. The van der Waals surface area contributed by atoms with Gasteiger partial charge in [-0.15, -0.1) is 11.3 Å². The monoisotopic (exact) mass is 336 g/mol. The summed E-state index contributed by atoms with van der Waals surface area (Å²) >= 11 is 1.35. The quantitative estimate of drug-likeness (QED) is 0.921. The normalized spacial score (nSPS) is 19.9. The fraction of sp³-hybridized carbons (Fsp3) is 0.333. The molecule has 3 rings (SSSR count). The Morgan fingerprint density at radius 3 is 2.77 bits per heavy atom. The van der Waals surface area contributed by atoms with Gasteiger partial charge in [0.1, 0.15) is 4.88 Å². The minimum Gasteiger partial charge on any atom is -0.348 e. The van der Waals surface area contributed by atoms with Gasteiger partial charge in [0.15, 0.2) is 9.84 Å². The van der Waals surface area contributed by atoms with Crippen LogP contribution in [0.1, 0.15) is 26.7 Å². The van der Waals surface area contributed by atoms with Crippen molar-refractivity contribution in [1.82, 2.24) is 10.3 Å². The second-order valence-electron chi connectivity index (χ2n) is 5.35. The molecule has 1 saturated heterocycles. The van der Waals surface area contributed by atoms with E-state index >= 15 is 0 Å². The van der Waals surface area contributed by atoms with E-state index in [1.807, 2.05) is 30.3 Å². The van der Waals surface area contributed by atoms with Gasteiger partial charge in [0.05, 0.1) is 22.7 Å². The Balaban J connectivity index is 1.62. The van der Waals surface area contributed by atoms with Crippen LogP contribution in [0.3, 0.4) is 0 Å². The Bertz CT molecular complexity index is 769. The summed E-state index contributed by atoms with van der Waals surface area (Å²) in [4.78, 5) is 16.9. The van der Waals surface area contributed by atoms with Crippen molar-refractivity contribution in [1.29, 1.82) is 0 Å². The number of hydrogen-bond donors (Lipinski definition) is 1. The lowest BCUT2D eigenvalue weighted by molar-refractivity contribution is 0.0945. The smallest absolute Gasteiger partial charge is 0.263 e. The molecule has 2 heterocycles. The summed E-state index contributed by atoms with van der Waals surface area (Å²) in [6, 6.07) is 9.65. The topological polar surface area (TPSA) is 76.1 Å². The summed E-state index contributed by atoms with van der Waals surface area (Å²) in [7, 11) is -2.99. The van der Waals surface area contributed by atoms with Gasteiger partial charge in [0.25, 0.3) is 5.91 Å². The fourth-order valence-electron chi connectivity index (χ4n) is 2.43. The van der Waals surface area contributed by atoms with Crippen molar-refractivity contribution < 1.29 is 13.2 Å². The van der Waals surface area contributed by atoms with Crippen LogP contribution in [0.25, 0.3) is 0 Å². The van der Waals surface area contributed by atoms with Crippen molar-refractivity contribution in [3.05, 3.63) is 52.0 Å². The number of benzene rings is 1. The molecule has 0 saturated carbocycles. The zero-order valence-electron chi connectivity index (χ0n) is 11.9. The van der Waals surface area contributed by atoms with E-state index in [1.54, 1.807) is 6.20 Å². The van der Waals surface area contributed by atoms with Crippen molar-refractivity contribution in [2.24, 2.45) is 0 Å². The minimum absolute atomic E-state index is 0.0361. The van der Waals surface area contributed by atoms with Crippen LogP contribution in [0.2, 0.25) is 0 Å². The molecule has 0 radical (unpaired) electrons. The van der Waals surface area contributed by atoms with Crippen LogP contribution >= 0.6 is 11.3 Å². The van der Waals surface area contributed by atoms with E-state index < -0.39 is 9.84 Å². The standard InChI is InChI=1S/C15H16N2O3S2/c18-15(17-12-6-7-22(19,20)10-12)13-9-16-14(21-13)8-11-4-2-1-3-5-11/h1-5,9,12H,6-8,10H2,(H,17,18)/t12-/m1/s1. The molecule has 1 aliphatic rings. The summed E-state index contributed by atoms with van der Waals surface area (Å²) in [6.07, 6.45) is 2.74. The SMILES string of the molecule is O=C(N[C@@H]1CCS(=O)(=O)C1)c1cnc(Cc2ccccc2)s1. The van der Waals surface area contributed by atoms with Gasteiger partial charge in [-0.3, -0.25) is 4.79 Å². The highest BCUT2D eigenvalue weighted by Crippen LogP contribution is 2.18. The Morgan fingerprint density at radius 2 is 2.09 bits per heavy atom. The van der Waals surface area contributed by atoms with Crippen LogP contribution in [0.4, 0.5) is 0 Å². The maximum Gasteiger partial charge on any atom is 0.263 e. The van der Waals surface area contributed by atoms with Crippen LogP contribution < -0.4 is 5.32 Å². The summed E-state index contributed by atoms with van der Waals surface area (Å²) in [6.45, 7) is 0. The molecule has 1 N–H and O–H groups in total. The van der Waals surface area contributed by atoms with Gasteiger partial charge >= 0.3 is 0 Å². The molecule has 1 aromatic carbocycles. The molecule has 116 valence electrons. The third kappa shape index (κ3) is 3.72. The average molecular weight is 336 g/mol. The van der Waals surface area contributed by atoms with Gasteiger partial charge in [-0.1, -0.05) is 30.3 Å². The van der Waals surface area contributed by atoms with E-state index in [4.69, 9.17) is 0 Å². The lowest BCUT2D eigenvalue weighted by Gasteiger charge is -2.08. The number of aromatic nitrogens is 1. The number of amides is 1. The highest BCUT2D eigenvalue weighted by atomic mass is 32.2. The van der Waals surface area contributed by atoms with Crippen molar-refractivity contribution in [3.8, 4) is 0 Å². The lowest BCUT2D eigenvalue weighted by atomic mass is 10.2. The summed E-state index contributed by atoms with van der Waals surface area (Å²) < 4.78 is 22.8. The van der Waals surface area contributed by atoms with Crippen LogP contribution in [0, 0.1) is 0 Å². The third-order valence-corrected chi connectivity index (χ3v) is 6.31. The van der Waals surface area contributed by atoms with Gasteiger partial charge in [0.2, 0.25) is 0 Å². The van der Waals surface area contributed by atoms with Crippen molar-refractivity contribution in [2.45, 2.75) is 18.9 Å². The van der Waals surface area contributed by atoms with Gasteiger partial charge in [0, 0.05) is 12.5 Å². The number of thiazole rings is 1. The highest BCUT2D eigenvalue weighted by molar-refractivity contribution is 7.91. The van der Waals surface area contributed by atoms with E-state index in [2.05, 4.69) is 10.3 Å². The number of carbonyl (C=O) groups is 1. The number of sulfone groups is 1. The van der Waals surface area contributed by atoms with E-state index in [9.17, 15) is 13.2 Å². The van der Waals surface area contributed by atoms with Gasteiger partial charge in [-0.05, 0) is 12.0 Å². The molecule has 22 heavy (non-hydrogen) atoms. The Hall–Kier alpha value is -1.73. The number of carbonyl (C=O) groups excluding carboxylic acids is 1. The van der Waals surface area contributed by atoms with Crippen molar-refractivity contribution in [2.75, 3.05) is 11.5 Å². The predicted molar refractivity (Wildman–Crippen MR) is 85.9 cm³/mol. The molecule has 0 unspecified atom stereocenters. The molecule has 1 atom stereocenters. The number of hydrogen-bond acceptors (Lipinski definition) is 5. The first kappa shape index (κ1) is 15.2. The Kier molecular flexibility index (Phi) is 4.26. The van der Waals surface area contributed by atoms with Gasteiger partial charge < -0.3 is 5.32 Å². The van der Waals surface area contributed by atoms with Crippen LogP contribution in [0.15, 0.2) is 36.5 Å². The summed E-state index contributed by atoms with van der Waals surface area (Å²) in [5, 5.41) is 3.65. The van der Waals surface area contributed by atoms with Gasteiger partial charge in [-0.25, -0.2) is 13.4 Å². The minimum atomic E-state index is -2.99. The molecule has 0 spiro atoms. The maximum absolute atomic E-state index is 12.1. The molecular formula is C15H16N2O3S2. The molecule has 2 aromatic rings. The average Bonchev–Trinajstić information content (AvgIpc) is 3.07. The number of nitrogens with zero attached hydrogens (tertiary/aromatic N) is 1. The van der Waals surface area contributed by atoms with E-state index in [-0.39, 0.29) is 23.5 Å². The molecule has 1 amide bonds. The van der Waals surface area contributed by atoms with E-state index in [1.165, 1.54) is 11.3 Å². The highest BCUT2D eigenvalue weighted by Gasteiger charge is 2.29. The summed E-state index contributed by atoms with van der Waals surface area (Å²) in [5.74, 6) is -0.0483. The van der Waals surface area contributed by atoms with Crippen LogP contribution in [-0.2, 0) is 16.3 Å².